The van der Waals surface area contributed by atoms with Crippen molar-refractivity contribution in [3.63, 3.8) is 0 Å². The molecule has 1 heterocycles. The first-order chi connectivity index (χ1) is 14.3. The molecule has 1 aromatic heterocycles. The molecule has 0 unspecified atom stereocenters. The number of halogens is 5. The maximum Gasteiger partial charge on any atom is 0.207 e. The van der Waals surface area contributed by atoms with E-state index in [0.717, 1.165) is 0 Å². The summed E-state index contributed by atoms with van der Waals surface area (Å²) < 4.78 is 77.4. The molecular formula is C21H13F5O3S. The Morgan fingerprint density at radius 1 is 1.00 bits per heavy atom. The number of benzene rings is 2. The van der Waals surface area contributed by atoms with Crippen LogP contribution in [0.5, 0.6) is 11.5 Å². The second kappa shape index (κ2) is 9.08. The number of carbonyl (C=O) groups is 1. The standard InChI is InChI=1S/C21H13F5O3S/c1-28-14-7-5-11(4-6-13(27)15-3-2-8-30-15)9-12(14)10-29-21-19(25)17(23)16(22)18(24)20(21)26/h2-9H,10H2,1H3/b6-4+. The number of ketones is 1. The van der Waals surface area contributed by atoms with Crippen LogP contribution in [-0.4, -0.2) is 12.9 Å². The molecule has 0 aliphatic heterocycles. The minimum atomic E-state index is -2.27. The Labute approximate surface area is 172 Å². The quantitative estimate of drug-likeness (QED) is 0.150. The molecule has 0 fully saturated rings. The van der Waals surface area contributed by atoms with Gasteiger partial charge in [-0.25, -0.2) is 13.2 Å². The lowest BCUT2D eigenvalue weighted by atomic mass is 10.1. The second-order valence-electron chi connectivity index (χ2n) is 5.93. The SMILES string of the molecule is COc1ccc(/C=C/C(=O)c2cccs2)cc1COc1c(F)c(F)c(F)c(F)c1F. The molecule has 0 aliphatic rings. The third-order valence-electron chi connectivity index (χ3n) is 4.04. The van der Waals surface area contributed by atoms with Crippen LogP contribution in [0.4, 0.5) is 22.0 Å². The van der Waals surface area contributed by atoms with Crippen LogP contribution in [0.3, 0.4) is 0 Å². The van der Waals surface area contributed by atoms with Crippen molar-refractivity contribution in [2.75, 3.05) is 7.11 Å². The summed E-state index contributed by atoms with van der Waals surface area (Å²) in [6.45, 7) is -0.540. The molecule has 3 rings (SSSR count). The lowest BCUT2D eigenvalue weighted by molar-refractivity contribution is 0.105. The van der Waals surface area contributed by atoms with Gasteiger partial charge in [0, 0.05) is 5.56 Å². The highest BCUT2D eigenvalue weighted by Crippen LogP contribution is 2.31. The number of rotatable bonds is 7. The number of allylic oxidation sites excluding steroid dienone is 1. The number of thiophene rings is 1. The van der Waals surface area contributed by atoms with Gasteiger partial charge in [0.2, 0.25) is 29.1 Å². The van der Waals surface area contributed by atoms with E-state index in [1.165, 1.54) is 42.7 Å². The molecule has 0 bridgehead atoms. The first kappa shape index (κ1) is 21.5. The Bertz CT molecular complexity index is 1080. The van der Waals surface area contributed by atoms with Crippen LogP contribution in [0.25, 0.3) is 6.08 Å². The zero-order valence-corrected chi connectivity index (χ0v) is 16.2. The van der Waals surface area contributed by atoms with E-state index in [4.69, 9.17) is 9.47 Å². The topological polar surface area (TPSA) is 35.5 Å². The van der Waals surface area contributed by atoms with E-state index in [1.54, 1.807) is 23.6 Å². The van der Waals surface area contributed by atoms with E-state index in [2.05, 4.69) is 0 Å². The van der Waals surface area contributed by atoms with Gasteiger partial charge in [0.25, 0.3) is 0 Å². The van der Waals surface area contributed by atoms with Crippen molar-refractivity contribution in [1.82, 2.24) is 0 Å². The fraction of sp³-hybridized carbons (Fsp3) is 0.0952. The van der Waals surface area contributed by atoms with Gasteiger partial charge in [-0.2, -0.15) is 8.78 Å². The molecule has 0 spiro atoms. The molecule has 9 heteroatoms. The molecule has 0 saturated heterocycles. The summed E-state index contributed by atoms with van der Waals surface area (Å²) in [5.74, 6) is -11.9. The van der Waals surface area contributed by atoms with Crippen molar-refractivity contribution in [3.8, 4) is 11.5 Å². The predicted octanol–water partition coefficient (Wildman–Crippen LogP) is 5.93. The first-order valence-electron chi connectivity index (χ1n) is 8.40. The summed E-state index contributed by atoms with van der Waals surface area (Å²) in [6, 6.07) is 8.07. The fourth-order valence-electron chi connectivity index (χ4n) is 2.55. The normalized spacial score (nSPS) is 11.1. The Balaban J connectivity index is 1.84. The van der Waals surface area contributed by atoms with Crippen LogP contribution < -0.4 is 9.47 Å². The van der Waals surface area contributed by atoms with E-state index in [9.17, 15) is 26.7 Å². The van der Waals surface area contributed by atoms with Gasteiger partial charge in [-0.15, -0.1) is 11.3 Å². The number of methoxy groups -OCH3 is 1. The maximum atomic E-state index is 13.8. The predicted molar refractivity (Wildman–Crippen MR) is 101 cm³/mol. The molecule has 0 atom stereocenters. The third kappa shape index (κ3) is 4.35. The van der Waals surface area contributed by atoms with Gasteiger partial charge in [-0.3, -0.25) is 4.79 Å². The maximum absolute atomic E-state index is 13.8. The average molecular weight is 440 g/mol. The monoisotopic (exact) mass is 440 g/mol. The van der Waals surface area contributed by atoms with Gasteiger partial charge >= 0.3 is 0 Å². The zero-order valence-electron chi connectivity index (χ0n) is 15.3. The fourth-order valence-corrected chi connectivity index (χ4v) is 3.19. The van der Waals surface area contributed by atoms with Crippen LogP contribution in [0.2, 0.25) is 0 Å². The van der Waals surface area contributed by atoms with E-state index < -0.39 is 41.4 Å². The van der Waals surface area contributed by atoms with Crippen molar-refractivity contribution >= 4 is 23.2 Å². The van der Waals surface area contributed by atoms with Crippen LogP contribution in [0.15, 0.2) is 41.8 Å². The Morgan fingerprint density at radius 2 is 1.67 bits per heavy atom. The highest BCUT2D eigenvalue weighted by molar-refractivity contribution is 7.12. The van der Waals surface area contributed by atoms with Crippen LogP contribution in [0.1, 0.15) is 20.8 Å². The van der Waals surface area contributed by atoms with Gasteiger partial charge in [-0.05, 0) is 35.2 Å². The summed E-state index contributed by atoms with van der Waals surface area (Å²) in [5.41, 5.74) is 0.809. The minimum absolute atomic E-state index is 0.208. The summed E-state index contributed by atoms with van der Waals surface area (Å²) in [5, 5.41) is 1.77. The van der Waals surface area contributed by atoms with E-state index >= 15 is 0 Å². The second-order valence-corrected chi connectivity index (χ2v) is 6.88. The Kier molecular flexibility index (Phi) is 6.51. The molecule has 0 aliphatic carbocycles. The van der Waals surface area contributed by atoms with E-state index in [0.29, 0.717) is 10.4 Å². The summed E-state index contributed by atoms with van der Waals surface area (Å²) in [6.07, 6.45) is 2.87. The zero-order chi connectivity index (χ0) is 21.8. The molecule has 0 saturated carbocycles. The third-order valence-corrected chi connectivity index (χ3v) is 4.92. The van der Waals surface area contributed by atoms with Crippen molar-refractivity contribution < 1.29 is 36.2 Å². The summed E-state index contributed by atoms with van der Waals surface area (Å²) in [4.78, 5) is 12.6. The number of ether oxygens (including phenoxy) is 2. The van der Waals surface area contributed by atoms with Crippen molar-refractivity contribution in [3.05, 3.63) is 86.9 Å². The number of hydrogen-bond acceptors (Lipinski definition) is 4. The highest BCUT2D eigenvalue weighted by atomic mass is 32.1. The molecule has 156 valence electrons. The first-order valence-corrected chi connectivity index (χ1v) is 9.28. The van der Waals surface area contributed by atoms with E-state index in [1.807, 2.05) is 0 Å². The Hall–Kier alpha value is -3.20. The van der Waals surface area contributed by atoms with Gasteiger partial charge in [0.1, 0.15) is 12.4 Å². The summed E-state index contributed by atoms with van der Waals surface area (Å²) >= 11 is 1.29. The molecule has 2 aromatic carbocycles. The van der Waals surface area contributed by atoms with Gasteiger partial charge in [0.15, 0.2) is 11.5 Å². The molecule has 0 N–H and O–H groups in total. The molecule has 0 radical (unpaired) electrons. The lowest BCUT2D eigenvalue weighted by Crippen LogP contribution is -2.07. The average Bonchev–Trinajstić information content (AvgIpc) is 3.30. The smallest absolute Gasteiger partial charge is 0.207 e. The van der Waals surface area contributed by atoms with Crippen molar-refractivity contribution in [1.29, 1.82) is 0 Å². The van der Waals surface area contributed by atoms with Gasteiger partial charge in [0.05, 0.1) is 12.0 Å². The van der Waals surface area contributed by atoms with Crippen LogP contribution in [0, 0.1) is 29.1 Å². The van der Waals surface area contributed by atoms with Crippen LogP contribution >= 0.6 is 11.3 Å². The summed E-state index contributed by atoms with van der Waals surface area (Å²) in [7, 11) is 1.34. The largest absolute Gasteiger partial charge is 0.496 e. The van der Waals surface area contributed by atoms with Gasteiger partial charge < -0.3 is 9.47 Å². The molecule has 0 amide bonds. The Morgan fingerprint density at radius 3 is 2.27 bits per heavy atom. The van der Waals surface area contributed by atoms with E-state index in [-0.39, 0.29) is 17.1 Å². The number of hydrogen-bond donors (Lipinski definition) is 0. The van der Waals surface area contributed by atoms with Crippen LogP contribution in [-0.2, 0) is 6.61 Å². The molecule has 3 nitrogen and oxygen atoms in total. The molecule has 3 aromatic rings. The highest BCUT2D eigenvalue weighted by Gasteiger charge is 2.27. The minimum Gasteiger partial charge on any atom is -0.496 e. The number of carbonyl (C=O) groups excluding carboxylic acids is 1. The molecule has 30 heavy (non-hydrogen) atoms. The van der Waals surface area contributed by atoms with Crippen molar-refractivity contribution in [2.24, 2.45) is 0 Å². The van der Waals surface area contributed by atoms with Crippen molar-refractivity contribution in [2.45, 2.75) is 6.61 Å². The lowest BCUT2D eigenvalue weighted by Gasteiger charge is -2.13. The van der Waals surface area contributed by atoms with Gasteiger partial charge in [-0.1, -0.05) is 18.2 Å². The molecular weight excluding hydrogens is 427 g/mol.